The first kappa shape index (κ1) is 32.5. The Kier molecular flexibility index (Phi) is 7.47. The molecule has 0 aliphatic heterocycles. The molecule has 0 N–H and O–H groups in total. The summed E-state index contributed by atoms with van der Waals surface area (Å²) in [5.41, 5.74) is 20.1. The molecule has 0 saturated heterocycles. The average molecular weight is 717 g/mol. The van der Waals surface area contributed by atoms with Crippen molar-refractivity contribution in [3.05, 3.63) is 239 Å². The van der Waals surface area contributed by atoms with Gasteiger partial charge >= 0.3 is 0 Å². The number of aryl methyl sites for hydroxylation is 1. The van der Waals surface area contributed by atoms with Crippen molar-refractivity contribution in [3.63, 3.8) is 0 Å². The van der Waals surface area contributed by atoms with Gasteiger partial charge in [0.05, 0.1) is 16.6 Å². The van der Waals surface area contributed by atoms with Gasteiger partial charge in [-0.15, -0.1) is 0 Å². The number of para-hydroxylation sites is 3. The van der Waals surface area contributed by atoms with E-state index in [1.54, 1.807) is 0 Å². The molecule has 11 rings (SSSR count). The maximum atomic E-state index is 2.49. The van der Waals surface area contributed by atoms with Gasteiger partial charge in [0.25, 0.3) is 0 Å². The van der Waals surface area contributed by atoms with Gasteiger partial charge in [0.2, 0.25) is 0 Å². The number of aromatic nitrogens is 1. The largest absolute Gasteiger partial charge is 0.310 e. The van der Waals surface area contributed by atoms with Crippen LogP contribution in [0, 0.1) is 0 Å². The van der Waals surface area contributed by atoms with Gasteiger partial charge in [0.1, 0.15) is 0 Å². The summed E-state index contributed by atoms with van der Waals surface area (Å²) in [6.07, 6.45) is 1.85. The zero-order valence-corrected chi connectivity index (χ0v) is 31.4. The van der Waals surface area contributed by atoms with Crippen LogP contribution in [0.25, 0.3) is 39.0 Å². The Balaban J connectivity index is 1.11. The molecule has 0 radical (unpaired) electrons. The Bertz CT molecular complexity index is 2870. The molecule has 1 heterocycles. The summed E-state index contributed by atoms with van der Waals surface area (Å²) >= 11 is 0. The molecule has 0 fully saturated rings. The van der Waals surface area contributed by atoms with Crippen molar-refractivity contribution in [2.24, 2.45) is 0 Å². The summed E-state index contributed by atoms with van der Waals surface area (Å²) in [7, 11) is 0. The van der Waals surface area contributed by atoms with E-state index in [1.807, 2.05) is 0 Å². The summed E-state index contributed by atoms with van der Waals surface area (Å²) < 4.78 is 2.44. The highest BCUT2D eigenvalue weighted by Crippen LogP contribution is 2.59. The van der Waals surface area contributed by atoms with Crippen molar-refractivity contribution in [1.29, 1.82) is 0 Å². The van der Waals surface area contributed by atoms with Crippen molar-refractivity contribution >= 4 is 28.0 Å². The molecule has 1 aromatic heterocycles. The van der Waals surface area contributed by atoms with E-state index in [4.69, 9.17) is 0 Å². The van der Waals surface area contributed by atoms with Crippen molar-refractivity contribution in [3.8, 4) is 28.1 Å². The number of hydrogen-bond acceptors (Lipinski definition) is 1. The van der Waals surface area contributed by atoms with E-state index in [0.717, 1.165) is 29.9 Å². The van der Waals surface area contributed by atoms with Crippen LogP contribution in [0.15, 0.2) is 200 Å². The summed E-state index contributed by atoms with van der Waals surface area (Å²) in [5, 5.41) is 1.31. The van der Waals surface area contributed by atoms with Gasteiger partial charge in [-0.05, 0) is 123 Å². The fourth-order valence-corrected chi connectivity index (χ4v) is 10.0. The predicted molar refractivity (Wildman–Crippen MR) is 233 cm³/mol. The van der Waals surface area contributed by atoms with Crippen LogP contribution in [0.2, 0.25) is 0 Å². The molecule has 0 bridgehead atoms. The minimum absolute atomic E-state index is 0.416. The van der Waals surface area contributed by atoms with Crippen LogP contribution >= 0.6 is 0 Å². The minimum Gasteiger partial charge on any atom is -0.310 e. The third-order valence-corrected chi connectivity index (χ3v) is 12.3. The van der Waals surface area contributed by atoms with Crippen molar-refractivity contribution in [1.82, 2.24) is 4.57 Å². The highest BCUT2D eigenvalue weighted by Gasteiger charge is 2.49. The Hall–Kier alpha value is -6.90. The van der Waals surface area contributed by atoms with Gasteiger partial charge in [0.15, 0.2) is 0 Å². The number of anilines is 3. The highest BCUT2D eigenvalue weighted by molar-refractivity contribution is 5.94. The SMILES string of the molecule is CCc1c(-c2ccc(N(c3ccccc3)c3ccc4c(c3)C3(c5ccccc5C4)c4ccccc4-c4ccccc43)cc2)n(-c2ccccc2)c2ccccc12. The molecule has 0 amide bonds. The lowest BCUT2D eigenvalue weighted by atomic mass is 9.61. The zero-order chi connectivity index (χ0) is 37.2. The monoisotopic (exact) mass is 716 g/mol. The molecule has 56 heavy (non-hydrogen) atoms. The molecular formula is C54H40N2. The van der Waals surface area contributed by atoms with Gasteiger partial charge in [-0.1, -0.05) is 153 Å². The van der Waals surface area contributed by atoms with Crippen molar-refractivity contribution in [2.75, 3.05) is 4.90 Å². The summed E-state index contributed by atoms with van der Waals surface area (Å²) in [6.45, 7) is 2.27. The number of benzene rings is 8. The minimum atomic E-state index is -0.416. The number of fused-ring (bicyclic) bond motifs is 10. The van der Waals surface area contributed by atoms with Crippen LogP contribution in [0.4, 0.5) is 17.1 Å². The molecule has 266 valence electrons. The van der Waals surface area contributed by atoms with Gasteiger partial charge in [0, 0.05) is 28.1 Å². The van der Waals surface area contributed by atoms with E-state index in [9.17, 15) is 0 Å². The lowest BCUT2D eigenvalue weighted by Crippen LogP contribution is -2.34. The quantitative estimate of drug-likeness (QED) is 0.166. The maximum Gasteiger partial charge on any atom is 0.0719 e. The number of nitrogens with zero attached hydrogens (tertiary/aromatic N) is 2. The molecule has 0 atom stereocenters. The lowest BCUT2D eigenvalue weighted by molar-refractivity contribution is 0.722. The van der Waals surface area contributed by atoms with Crippen molar-refractivity contribution < 1.29 is 0 Å². The second kappa shape index (κ2) is 12.9. The molecule has 8 aromatic carbocycles. The number of hydrogen-bond donors (Lipinski definition) is 0. The molecule has 0 unspecified atom stereocenters. The average Bonchev–Trinajstić information content (AvgIpc) is 3.76. The molecule has 0 saturated carbocycles. The van der Waals surface area contributed by atoms with Crippen LogP contribution in [-0.4, -0.2) is 4.57 Å². The topological polar surface area (TPSA) is 8.17 Å². The Labute approximate surface area is 328 Å². The third kappa shape index (κ3) is 4.69. The molecular weight excluding hydrogens is 677 g/mol. The predicted octanol–water partition coefficient (Wildman–Crippen LogP) is 13.6. The normalized spacial score (nSPS) is 13.2. The third-order valence-electron chi connectivity index (χ3n) is 12.3. The van der Waals surface area contributed by atoms with Crippen molar-refractivity contribution in [2.45, 2.75) is 25.2 Å². The lowest BCUT2D eigenvalue weighted by Gasteiger charge is -2.41. The van der Waals surface area contributed by atoms with Gasteiger partial charge in [-0.3, -0.25) is 0 Å². The highest BCUT2D eigenvalue weighted by atomic mass is 15.1. The molecule has 2 nitrogen and oxygen atoms in total. The zero-order valence-electron chi connectivity index (χ0n) is 31.4. The fraction of sp³-hybridized carbons (Fsp3) is 0.0741. The first-order valence-electron chi connectivity index (χ1n) is 19.8. The summed E-state index contributed by atoms with van der Waals surface area (Å²) in [4.78, 5) is 2.43. The second-order valence-electron chi connectivity index (χ2n) is 15.1. The van der Waals surface area contributed by atoms with Gasteiger partial charge < -0.3 is 9.47 Å². The van der Waals surface area contributed by atoms with Gasteiger partial charge in [-0.25, -0.2) is 0 Å². The van der Waals surface area contributed by atoms with Crippen LogP contribution in [-0.2, 0) is 18.3 Å². The Morgan fingerprint density at radius 3 is 1.75 bits per heavy atom. The standard InChI is InChI=1S/C54H40N2/c1-2-44-47-24-12-16-28-52(47)56(41-20-7-4-8-21-41)53(44)37-29-32-42(33-30-37)55(40-18-5-3-6-19-40)43-34-31-39-35-38-17-9-13-25-48(38)54(51(39)36-43)49-26-14-10-22-45(49)46-23-11-15-27-50(46)54/h3-34,36H,2,35H2,1H3. The van der Waals surface area contributed by atoms with Gasteiger partial charge in [-0.2, -0.15) is 0 Å². The molecule has 2 aliphatic carbocycles. The first-order chi connectivity index (χ1) is 27.8. The fourth-order valence-electron chi connectivity index (χ4n) is 10.0. The number of rotatable bonds is 6. The molecule has 2 aliphatic rings. The van der Waals surface area contributed by atoms with E-state index in [0.29, 0.717) is 0 Å². The second-order valence-corrected chi connectivity index (χ2v) is 15.1. The van der Waals surface area contributed by atoms with Crippen LogP contribution in [0.3, 0.4) is 0 Å². The van der Waals surface area contributed by atoms with E-state index in [1.165, 1.54) is 77.9 Å². The summed E-state index contributed by atoms with van der Waals surface area (Å²) in [6, 6.07) is 74.1. The van der Waals surface area contributed by atoms with E-state index in [2.05, 4.69) is 217 Å². The molecule has 1 spiro atoms. The Morgan fingerprint density at radius 1 is 0.482 bits per heavy atom. The van der Waals surface area contributed by atoms with Crippen LogP contribution < -0.4 is 4.90 Å². The Morgan fingerprint density at radius 2 is 1.04 bits per heavy atom. The maximum absolute atomic E-state index is 2.49. The van der Waals surface area contributed by atoms with E-state index < -0.39 is 5.41 Å². The van der Waals surface area contributed by atoms with Crippen LogP contribution in [0.5, 0.6) is 0 Å². The van der Waals surface area contributed by atoms with Crippen LogP contribution in [0.1, 0.15) is 45.9 Å². The van der Waals surface area contributed by atoms with E-state index in [-0.39, 0.29) is 0 Å². The first-order valence-corrected chi connectivity index (χ1v) is 19.8. The van der Waals surface area contributed by atoms with E-state index >= 15 is 0 Å². The molecule has 9 aromatic rings. The smallest absolute Gasteiger partial charge is 0.0719 e. The molecule has 2 heteroatoms. The summed E-state index contributed by atoms with van der Waals surface area (Å²) in [5.74, 6) is 0.